The van der Waals surface area contributed by atoms with Gasteiger partial charge in [0, 0.05) is 39.9 Å². The molecule has 5 heteroatoms. The van der Waals surface area contributed by atoms with Crippen LogP contribution in [0.15, 0.2) is 52.6 Å². The quantitative estimate of drug-likeness (QED) is 0.833. The van der Waals surface area contributed by atoms with E-state index < -0.39 is 0 Å². The lowest BCUT2D eigenvalue weighted by molar-refractivity contribution is -0.111. The number of rotatable bonds is 3. The van der Waals surface area contributed by atoms with Crippen LogP contribution in [0.5, 0.6) is 5.75 Å². The number of nitrogens with zero attached hydrogens (tertiary/aromatic N) is 1. The summed E-state index contributed by atoms with van der Waals surface area (Å²) in [4.78, 5) is 33.7. The first-order valence-corrected chi connectivity index (χ1v) is 9.79. The minimum atomic E-state index is -0.325. The number of ketones is 2. The Morgan fingerprint density at radius 3 is 3.07 bits per heavy atom. The van der Waals surface area contributed by atoms with Crippen molar-refractivity contribution in [2.45, 2.75) is 31.7 Å². The number of fused-ring (bicyclic) bond motifs is 1. The third-order valence-corrected chi connectivity index (χ3v) is 6.98. The van der Waals surface area contributed by atoms with Crippen molar-refractivity contribution in [2.75, 3.05) is 7.11 Å². The van der Waals surface area contributed by atoms with Crippen LogP contribution in [-0.4, -0.2) is 35.4 Å². The number of hydrogen-bond donors (Lipinski definition) is 1. The van der Waals surface area contributed by atoms with Crippen molar-refractivity contribution in [3.8, 4) is 5.75 Å². The molecule has 1 aromatic carbocycles. The van der Waals surface area contributed by atoms with Gasteiger partial charge in [-0.1, -0.05) is 11.6 Å². The maximum absolute atomic E-state index is 13.3. The molecule has 28 heavy (non-hydrogen) atoms. The lowest BCUT2D eigenvalue weighted by Crippen LogP contribution is -2.26. The highest BCUT2D eigenvalue weighted by Gasteiger charge is 2.67. The standard InChI is InChI=1S/C23H20N2O3/c1-28-14-5-6-17-13(7-14)8-18(24-17)22(27)21-16-11-23(16)10-15-12(9-20(23)25-21)3-2-4-19(15)26/h2,4-8,16,21,24H,3,9-11H2,1H3. The van der Waals surface area contributed by atoms with Gasteiger partial charge in [0.2, 0.25) is 5.78 Å². The molecule has 3 unspecified atom stereocenters. The van der Waals surface area contributed by atoms with Crippen LogP contribution >= 0.6 is 0 Å². The first-order chi connectivity index (χ1) is 13.6. The van der Waals surface area contributed by atoms with Crippen LogP contribution in [-0.2, 0) is 4.79 Å². The fourth-order valence-electron chi connectivity index (χ4n) is 5.38. The van der Waals surface area contributed by atoms with Gasteiger partial charge in [0.1, 0.15) is 11.8 Å². The van der Waals surface area contributed by atoms with E-state index in [4.69, 9.17) is 9.73 Å². The number of carbonyl (C=O) groups excluding carboxylic acids is 2. The van der Waals surface area contributed by atoms with Gasteiger partial charge in [-0.2, -0.15) is 0 Å². The van der Waals surface area contributed by atoms with E-state index in [1.54, 1.807) is 13.2 Å². The monoisotopic (exact) mass is 372 g/mol. The lowest BCUT2D eigenvalue weighted by atomic mass is 9.75. The number of Topliss-reactive ketones (excluding diaryl/α,β-unsaturated/α-hetero) is 1. The number of aromatic amines is 1. The molecule has 3 aliphatic carbocycles. The van der Waals surface area contributed by atoms with Crippen LogP contribution in [0.2, 0.25) is 0 Å². The summed E-state index contributed by atoms with van der Waals surface area (Å²) >= 11 is 0. The Labute approximate surface area is 162 Å². The number of nitrogens with one attached hydrogen (secondary N) is 1. The predicted octanol–water partition coefficient (Wildman–Crippen LogP) is 3.81. The SMILES string of the molecule is COc1ccc2[nH]c(C(=O)C3N=C4CC5=C(CC46CC36)C(=O)C=CC5)cc2c1. The number of benzene rings is 1. The van der Waals surface area contributed by atoms with Crippen LogP contribution < -0.4 is 4.74 Å². The number of methoxy groups -OCH3 is 1. The largest absolute Gasteiger partial charge is 0.497 e. The van der Waals surface area contributed by atoms with Crippen molar-refractivity contribution in [1.82, 2.24) is 4.98 Å². The van der Waals surface area contributed by atoms with Gasteiger partial charge in [0.25, 0.3) is 0 Å². The lowest BCUT2D eigenvalue weighted by Gasteiger charge is -2.28. The van der Waals surface area contributed by atoms with E-state index in [-0.39, 0.29) is 28.9 Å². The molecule has 1 saturated carbocycles. The van der Waals surface area contributed by atoms with Crippen LogP contribution in [0.1, 0.15) is 36.2 Å². The molecule has 0 radical (unpaired) electrons. The molecule has 5 nitrogen and oxygen atoms in total. The minimum absolute atomic E-state index is 0.0325. The normalized spacial score (nSPS) is 30.0. The molecule has 0 saturated heterocycles. The third-order valence-electron chi connectivity index (χ3n) is 6.98. The Bertz CT molecular complexity index is 1170. The van der Waals surface area contributed by atoms with Gasteiger partial charge in [-0.25, -0.2) is 0 Å². The Hall–Kier alpha value is -2.95. The van der Waals surface area contributed by atoms with E-state index in [9.17, 15) is 9.59 Å². The van der Waals surface area contributed by atoms with E-state index in [2.05, 4.69) is 4.98 Å². The summed E-state index contributed by atoms with van der Waals surface area (Å²) in [6.07, 6.45) is 6.98. The molecule has 1 aromatic heterocycles. The molecule has 6 rings (SSSR count). The molecule has 1 N–H and O–H groups in total. The van der Waals surface area contributed by atoms with Crippen molar-refractivity contribution in [2.24, 2.45) is 16.3 Å². The zero-order valence-corrected chi connectivity index (χ0v) is 15.6. The maximum atomic E-state index is 13.3. The topological polar surface area (TPSA) is 71.5 Å². The van der Waals surface area contributed by atoms with Crippen LogP contribution in [0.4, 0.5) is 0 Å². The fourth-order valence-corrected chi connectivity index (χ4v) is 5.38. The number of hydrogen-bond acceptors (Lipinski definition) is 4. The van der Waals surface area contributed by atoms with E-state index in [1.807, 2.05) is 30.3 Å². The molecule has 2 heterocycles. The summed E-state index contributed by atoms with van der Waals surface area (Å²) in [5.41, 5.74) is 4.83. The second-order valence-electron chi connectivity index (χ2n) is 8.39. The van der Waals surface area contributed by atoms with E-state index in [1.165, 1.54) is 5.57 Å². The van der Waals surface area contributed by atoms with Gasteiger partial charge in [-0.3, -0.25) is 14.6 Å². The summed E-state index contributed by atoms with van der Waals surface area (Å²) in [6.45, 7) is 0. The third kappa shape index (κ3) is 2.04. The molecular formula is C23H20N2O3. The number of allylic oxidation sites excluding steroid dienone is 4. The van der Waals surface area contributed by atoms with E-state index >= 15 is 0 Å². The maximum Gasteiger partial charge on any atom is 0.203 e. The highest BCUT2D eigenvalue weighted by atomic mass is 16.5. The molecule has 1 spiro atoms. The van der Waals surface area contributed by atoms with Crippen LogP contribution in [0.3, 0.4) is 0 Å². The van der Waals surface area contributed by atoms with Gasteiger partial charge < -0.3 is 9.72 Å². The zero-order chi connectivity index (χ0) is 19.0. The van der Waals surface area contributed by atoms with Crippen molar-refractivity contribution in [3.63, 3.8) is 0 Å². The molecule has 0 amide bonds. The van der Waals surface area contributed by atoms with E-state index in [0.717, 1.165) is 53.6 Å². The minimum Gasteiger partial charge on any atom is -0.497 e. The van der Waals surface area contributed by atoms with Crippen molar-refractivity contribution < 1.29 is 14.3 Å². The van der Waals surface area contributed by atoms with Crippen molar-refractivity contribution in [1.29, 1.82) is 0 Å². The van der Waals surface area contributed by atoms with Gasteiger partial charge in [-0.15, -0.1) is 0 Å². The molecule has 0 bridgehead atoms. The first-order valence-electron chi connectivity index (χ1n) is 9.79. The Morgan fingerprint density at radius 1 is 1.32 bits per heavy atom. The molecular weight excluding hydrogens is 352 g/mol. The zero-order valence-electron chi connectivity index (χ0n) is 15.6. The van der Waals surface area contributed by atoms with Gasteiger partial charge in [0.05, 0.1) is 12.8 Å². The molecule has 4 aliphatic rings. The fraction of sp³-hybridized carbons (Fsp3) is 0.348. The first kappa shape index (κ1) is 16.0. The number of ether oxygens (including phenoxy) is 1. The van der Waals surface area contributed by atoms with Gasteiger partial charge in [0.15, 0.2) is 5.78 Å². The Balaban J connectivity index is 1.31. The summed E-state index contributed by atoms with van der Waals surface area (Å²) in [5, 5.41) is 0.963. The molecule has 140 valence electrons. The summed E-state index contributed by atoms with van der Waals surface area (Å²) < 4.78 is 5.28. The molecule has 3 atom stereocenters. The number of H-pyrrole nitrogens is 1. The van der Waals surface area contributed by atoms with Crippen molar-refractivity contribution >= 4 is 28.2 Å². The predicted molar refractivity (Wildman–Crippen MR) is 106 cm³/mol. The number of carbonyl (C=O) groups is 2. The highest BCUT2D eigenvalue weighted by molar-refractivity contribution is 6.13. The number of aromatic nitrogens is 1. The van der Waals surface area contributed by atoms with Crippen molar-refractivity contribution in [3.05, 3.63) is 53.3 Å². The summed E-state index contributed by atoms with van der Waals surface area (Å²) in [5.74, 6) is 1.22. The molecule has 2 aromatic rings. The average Bonchev–Trinajstić information content (AvgIpc) is 3.10. The highest BCUT2D eigenvalue weighted by Crippen LogP contribution is 2.66. The molecule has 1 fully saturated rings. The second-order valence-corrected chi connectivity index (χ2v) is 8.39. The van der Waals surface area contributed by atoms with Gasteiger partial charge >= 0.3 is 0 Å². The van der Waals surface area contributed by atoms with E-state index in [0.29, 0.717) is 5.69 Å². The van der Waals surface area contributed by atoms with Crippen LogP contribution in [0.25, 0.3) is 10.9 Å². The summed E-state index contributed by atoms with van der Waals surface area (Å²) in [6, 6.07) is 7.32. The van der Waals surface area contributed by atoms with Gasteiger partial charge in [-0.05, 0) is 49.6 Å². The second kappa shape index (κ2) is 5.31. The summed E-state index contributed by atoms with van der Waals surface area (Å²) in [7, 11) is 1.64. The number of aliphatic imine (C=N–C) groups is 1. The Kier molecular flexibility index (Phi) is 3.04. The van der Waals surface area contributed by atoms with Crippen LogP contribution in [0, 0.1) is 11.3 Å². The molecule has 1 aliphatic heterocycles. The average molecular weight is 372 g/mol. The smallest absolute Gasteiger partial charge is 0.203 e. The Morgan fingerprint density at radius 2 is 2.21 bits per heavy atom.